The van der Waals surface area contributed by atoms with Crippen molar-refractivity contribution in [2.24, 2.45) is 0 Å². The van der Waals surface area contributed by atoms with Crippen LogP contribution in [-0.2, 0) is 6.54 Å². The zero-order chi connectivity index (χ0) is 14.4. The lowest BCUT2D eigenvalue weighted by atomic mass is 10.1. The summed E-state index contributed by atoms with van der Waals surface area (Å²) in [5, 5.41) is 12.4. The average molecular weight is 276 g/mol. The molecule has 1 aliphatic heterocycles. The van der Waals surface area contributed by atoms with Crippen LogP contribution in [0.15, 0.2) is 24.3 Å². The fraction of sp³-hybridized carbons (Fsp3) is 0.647. The van der Waals surface area contributed by atoms with Gasteiger partial charge >= 0.3 is 0 Å². The second-order valence-corrected chi connectivity index (χ2v) is 6.06. The van der Waals surface area contributed by atoms with Crippen LogP contribution in [-0.4, -0.2) is 30.3 Å². The average Bonchev–Trinajstić information content (AvgIpc) is 2.91. The molecule has 2 N–H and O–H groups in total. The molecule has 1 aliphatic rings. The van der Waals surface area contributed by atoms with Crippen LogP contribution >= 0.6 is 0 Å². The normalized spacial score (nSPS) is 19.0. The number of hydrogen-bond acceptors (Lipinski definition) is 3. The van der Waals surface area contributed by atoms with Gasteiger partial charge in [0.1, 0.15) is 0 Å². The summed E-state index contributed by atoms with van der Waals surface area (Å²) in [6.45, 7) is 6.74. The lowest BCUT2D eigenvalue weighted by Crippen LogP contribution is -2.29. The topological polar surface area (TPSA) is 35.5 Å². The number of anilines is 1. The Bertz CT molecular complexity index is 388. The van der Waals surface area contributed by atoms with Gasteiger partial charge in [0.25, 0.3) is 0 Å². The van der Waals surface area contributed by atoms with Gasteiger partial charge in [-0.05, 0) is 43.4 Å². The van der Waals surface area contributed by atoms with Gasteiger partial charge in [0, 0.05) is 37.5 Å². The second kappa shape index (κ2) is 7.65. The van der Waals surface area contributed by atoms with Gasteiger partial charge in [-0.2, -0.15) is 0 Å². The summed E-state index contributed by atoms with van der Waals surface area (Å²) in [4.78, 5) is 2.51. The van der Waals surface area contributed by atoms with E-state index >= 15 is 0 Å². The monoisotopic (exact) mass is 276 g/mol. The molecule has 0 bridgehead atoms. The number of hydrogen-bond donors (Lipinski definition) is 2. The van der Waals surface area contributed by atoms with Crippen molar-refractivity contribution < 1.29 is 5.11 Å². The minimum Gasteiger partial charge on any atom is -0.396 e. The molecule has 0 spiro atoms. The Labute approximate surface area is 123 Å². The number of nitrogens with one attached hydrogen (secondary N) is 1. The predicted octanol–water partition coefficient (Wildman–Crippen LogP) is 2.93. The molecule has 3 heteroatoms. The summed E-state index contributed by atoms with van der Waals surface area (Å²) in [7, 11) is 0. The van der Waals surface area contributed by atoms with E-state index in [9.17, 15) is 0 Å². The minimum atomic E-state index is 0.310. The highest BCUT2D eigenvalue weighted by Gasteiger charge is 2.23. The largest absolute Gasteiger partial charge is 0.396 e. The maximum Gasteiger partial charge on any atom is 0.0431 e. The zero-order valence-electron chi connectivity index (χ0n) is 12.8. The van der Waals surface area contributed by atoms with Crippen molar-refractivity contribution in [2.75, 3.05) is 18.1 Å². The Morgan fingerprint density at radius 3 is 2.70 bits per heavy atom. The van der Waals surface area contributed by atoms with E-state index in [1.165, 1.54) is 24.1 Å². The Morgan fingerprint density at radius 1 is 1.30 bits per heavy atom. The lowest BCUT2D eigenvalue weighted by Gasteiger charge is -2.27. The molecule has 1 aromatic rings. The van der Waals surface area contributed by atoms with Crippen molar-refractivity contribution in [3.05, 3.63) is 29.8 Å². The van der Waals surface area contributed by atoms with Crippen LogP contribution in [0.25, 0.3) is 0 Å². The van der Waals surface area contributed by atoms with Gasteiger partial charge in [-0.1, -0.05) is 26.0 Å². The molecule has 1 fully saturated rings. The highest BCUT2D eigenvalue weighted by Crippen LogP contribution is 2.28. The summed E-state index contributed by atoms with van der Waals surface area (Å²) in [6.07, 6.45) is 4.55. The van der Waals surface area contributed by atoms with E-state index in [1.807, 2.05) is 0 Å². The van der Waals surface area contributed by atoms with Crippen molar-refractivity contribution in [3.63, 3.8) is 0 Å². The Balaban J connectivity index is 1.94. The van der Waals surface area contributed by atoms with Crippen LogP contribution in [0, 0.1) is 0 Å². The van der Waals surface area contributed by atoms with Crippen LogP contribution in [0.5, 0.6) is 0 Å². The van der Waals surface area contributed by atoms with Gasteiger partial charge in [0.15, 0.2) is 0 Å². The Kier molecular flexibility index (Phi) is 5.86. The van der Waals surface area contributed by atoms with Crippen molar-refractivity contribution in [1.29, 1.82) is 0 Å². The first kappa shape index (κ1) is 15.3. The molecule has 1 atom stereocenters. The van der Waals surface area contributed by atoms with Gasteiger partial charge in [-0.25, -0.2) is 0 Å². The molecule has 112 valence electrons. The number of nitrogens with zero attached hydrogens (tertiary/aromatic N) is 1. The molecule has 0 aliphatic carbocycles. The summed E-state index contributed by atoms with van der Waals surface area (Å²) in [5.41, 5.74) is 2.67. The Hall–Kier alpha value is -1.06. The smallest absolute Gasteiger partial charge is 0.0431 e. The van der Waals surface area contributed by atoms with E-state index in [0.717, 1.165) is 25.9 Å². The maximum atomic E-state index is 9.00. The zero-order valence-corrected chi connectivity index (χ0v) is 12.8. The second-order valence-electron chi connectivity index (χ2n) is 6.06. The van der Waals surface area contributed by atoms with E-state index < -0.39 is 0 Å². The molecule has 0 saturated carbocycles. The number of benzene rings is 1. The summed E-state index contributed by atoms with van der Waals surface area (Å²) >= 11 is 0. The van der Waals surface area contributed by atoms with Crippen molar-refractivity contribution >= 4 is 5.69 Å². The summed E-state index contributed by atoms with van der Waals surface area (Å²) < 4.78 is 0. The van der Waals surface area contributed by atoms with Gasteiger partial charge in [-0.15, -0.1) is 0 Å². The molecule has 0 aromatic heterocycles. The molecular formula is C17H28N2O. The highest BCUT2D eigenvalue weighted by atomic mass is 16.2. The first-order valence-electron chi connectivity index (χ1n) is 7.90. The van der Waals surface area contributed by atoms with E-state index in [-0.39, 0.29) is 0 Å². The lowest BCUT2D eigenvalue weighted by molar-refractivity contribution is 0.279. The SMILES string of the molecule is CC(C)NCc1ccc(N2CCCC2CCCO)cc1. The molecule has 3 nitrogen and oxygen atoms in total. The first-order chi connectivity index (χ1) is 9.70. The molecule has 1 saturated heterocycles. The quantitative estimate of drug-likeness (QED) is 0.804. The van der Waals surface area contributed by atoms with E-state index in [0.29, 0.717) is 18.7 Å². The van der Waals surface area contributed by atoms with Crippen molar-refractivity contribution in [1.82, 2.24) is 5.32 Å². The molecule has 0 radical (unpaired) electrons. The van der Waals surface area contributed by atoms with Crippen LogP contribution in [0.2, 0.25) is 0 Å². The highest BCUT2D eigenvalue weighted by molar-refractivity contribution is 5.49. The van der Waals surface area contributed by atoms with E-state index in [1.54, 1.807) is 0 Å². The maximum absolute atomic E-state index is 9.00. The predicted molar refractivity (Wildman–Crippen MR) is 85.1 cm³/mol. The number of rotatable bonds is 7. The molecule has 1 heterocycles. The Morgan fingerprint density at radius 2 is 2.05 bits per heavy atom. The molecular weight excluding hydrogens is 248 g/mol. The van der Waals surface area contributed by atoms with Gasteiger partial charge in [0.05, 0.1) is 0 Å². The standard InChI is InChI=1S/C17H28N2O/c1-14(2)18-13-15-7-9-17(10-8-15)19-11-3-5-16(19)6-4-12-20/h7-10,14,16,18,20H,3-6,11-13H2,1-2H3. The molecule has 2 rings (SSSR count). The van der Waals surface area contributed by atoms with Crippen molar-refractivity contribution in [2.45, 2.75) is 58.2 Å². The van der Waals surface area contributed by atoms with Gasteiger partial charge < -0.3 is 15.3 Å². The summed E-state index contributed by atoms with van der Waals surface area (Å²) in [5.74, 6) is 0. The third-order valence-corrected chi connectivity index (χ3v) is 4.06. The molecule has 1 unspecified atom stereocenters. The minimum absolute atomic E-state index is 0.310. The molecule has 20 heavy (non-hydrogen) atoms. The van der Waals surface area contributed by atoms with Gasteiger partial charge in [-0.3, -0.25) is 0 Å². The molecule has 0 amide bonds. The van der Waals surface area contributed by atoms with Gasteiger partial charge in [0.2, 0.25) is 0 Å². The number of aliphatic hydroxyl groups is 1. The third kappa shape index (κ3) is 4.22. The van der Waals surface area contributed by atoms with E-state index in [2.05, 4.69) is 48.3 Å². The van der Waals surface area contributed by atoms with Crippen LogP contribution in [0.1, 0.15) is 45.1 Å². The van der Waals surface area contributed by atoms with Crippen LogP contribution in [0.4, 0.5) is 5.69 Å². The van der Waals surface area contributed by atoms with E-state index in [4.69, 9.17) is 5.11 Å². The van der Waals surface area contributed by atoms with Crippen LogP contribution in [0.3, 0.4) is 0 Å². The molecule has 1 aromatic carbocycles. The van der Waals surface area contributed by atoms with Crippen LogP contribution < -0.4 is 10.2 Å². The fourth-order valence-corrected chi connectivity index (χ4v) is 2.93. The first-order valence-corrected chi connectivity index (χ1v) is 7.90. The fourth-order valence-electron chi connectivity index (χ4n) is 2.93. The third-order valence-electron chi connectivity index (χ3n) is 4.06. The van der Waals surface area contributed by atoms with Crippen molar-refractivity contribution in [3.8, 4) is 0 Å². The summed E-state index contributed by atoms with van der Waals surface area (Å²) in [6, 6.07) is 10.1. The number of aliphatic hydroxyl groups excluding tert-OH is 1.